The Hall–Kier alpha value is -3.00. The number of benzene rings is 1. The van der Waals surface area contributed by atoms with Crippen LogP contribution in [-0.4, -0.2) is 56.6 Å². The predicted molar refractivity (Wildman–Crippen MR) is 128 cm³/mol. The van der Waals surface area contributed by atoms with Crippen LogP contribution in [0.5, 0.6) is 5.88 Å². The zero-order valence-electron chi connectivity index (χ0n) is 18.8. The Balaban J connectivity index is 1.71. The van der Waals surface area contributed by atoms with Crippen LogP contribution in [0, 0.1) is 0 Å². The molecule has 1 unspecified atom stereocenters. The van der Waals surface area contributed by atoms with Gasteiger partial charge < -0.3 is 24.8 Å². The number of hydrogen-bond acceptors (Lipinski definition) is 6. The van der Waals surface area contributed by atoms with Crippen LogP contribution in [0.4, 0.5) is 11.8 Å². The molecule has 32 heavy (non-hydrogen) atoms. The second kappa shape index (κ2) is 8.86. The number of anilines is 2. The van der Waals surface area contributed by atoms with Gasteiger partial charge in [0, 0.05) is 56.4 Å². The normalized spacial score (nSPS) is 15.4. The fourth-order valence-electron chi connectivity index (χ4n) is 3.98. The Morgan fingerprint density at radius 3 is 2.34 bits per heavy atom. The first kappa shape index (κ1) is 22.2. The molecule has 1 aliphatic rings. The first-order valence-corrected chi connectivity index (χ1v) is 11.3. The monoisotopic (exact) mass is 456 g/mol. The number of aromatic nitrogens is 3. The summed E-state index contributed by atoms with van der Waals surface area (Å²) in [5.74, 6) is 1.41. The van der Waals surface area contributed by atoms with E-state index < -0.39 is 0 Å². The van der Waals surface area contributed by atoms with Crippen molar-refractivity contribution in [2.24, 2.45) is 0 Å². The van der Waals surface area contributed by atoms with Crippen molar-refractivity contribution in [2.75, 3.05) is 36.4 Å². The highest BCUT2D eigenvalue weighted by molar-refractivity contribution is 6.30. The Morgan fingerprint density at radius 2 is 1.75 bits per heavy atom. The second-order valence-corrected chi connectivity index (χ2v) is 8.94. The number of halogens is 1. The van der Waals surface area contributed by atoms with Gasteiger partial charge in [-0.15, -0.1) is 0 Å². The quantitative estimate of drug-likeness (QED) is 0.598. The number of nitrogens with one attached hydrogen (secondary N) is 1. The van der Waals surface area contributed by atoms with E-state index in [1.807, 2.05) is 49.2 Å². The van der Waals surface area contributed by atoms with Gasteiger partial charge in [0.25, 0.3) is 0 Å². The lowest BCUT2D eigenvalue weighted by Crippen LogP contribution is -2.48. The number of nitrogens with zero attached hydrogens (tertiary/aromatic N) is 5. The lowest BCUT2D eigenvalue weighted by atomic mass is 10.1. The van der Waals surface area contributed by atoms with Crippen LogP contribution in [0.1, 0.15) is 45.3 Å². The topological polar surface area (TPSA) is 86.5 Å². The summed E-state index contributed by atoms with van der Waals surface area (Å²) >= 11 is 6.04. The van der Waals surface area contributed by atoms with Crippen LogP contribution in [0.25, 0.3) is 10.9 Å². The molecule has 1 aliphatic heterocycles. The molecule has 0 bridgehead atoms. The van der Waals surface area contributed by atoms with Gasteiger partial charge in [-0.05, 0) is 38.5 Å². The molecule has 1 saturated heterocycles. The third-order valence-corrected chi connectivity index (χ3v) is 6.20. The predicted octanol–water partition coefficient (Wildman–Crippen LogP) is 4.21. The molecular weight excluding hydrogens is 428 g/mol. The van der Waals surface area contributed by atoms with E-state index in [-0.39, 0.29) is 23.9 Å². The average molecular weight is 457 g/mol. The molecule has 0 radical (unpaired) electrons. The van der Waals surface area contributed by atoms with E-state index in [1.54, 1.807) is 11.5 Å². The molecule has 3 heterocycles. The summed E-state index contributed by atoms with van der Waals surface area (Å²) in [6.45, 7) is 10.2. The highest BCUT2D eigenvalue weighted by Gasteiger charge is 2.24. The van der Waals surface area contributed by atoms with Crippen molar-refractivity contribution in [1.82, 2.24) is 19.4 Å². The largest absolute Gasteiger partial charge is 0.493 e. The maximum atomic E-state index is 11.7. The third-order valence-electron chi connectivity index (χ3n) is 5.95. The molecular formula is C23H29ClN6O2. The Kier molecular flexibility index (Phi) is 6.15. The number of hydrogen-bond donors (Lipinski definition) is 2. The van der Waals surface area contributed by atoms with E-state index in [1.165, 1.54) is 0 Å². The van der Waals surface area contributed by atoms with Gasteiger partial charge in [-0.25, -0.2) is 4.98 Å². The number of fused-ring (bicyclic) bond motifs is 1. The molecule has 2 aromatic heterocycles. The van der Waals surface area contributed by atoms with Crippen molar-refractivity contribution in [3.05, 3.63) is 41.0 Å². The number of aromatic hydroxyl groups is 1. The number of carbonyl (C=O) groups excluding carboxylic acids is 1. The van der Waals surface area contributed by atoms with Gasteiger partial charge in [-0.3, -0.25) is 4.79 Å². The fraction of sp³-hybridized carbons (Fsp3) is 0.435. The van der Waals surface area contributed by atoms with E-state index in [4.69, 9.17) is 21.6 Å². The standard InChI is InChI=1S/C23H29ClN6O2/c1-14(2)30-13-19-20(22(30)32)26-23(29-11-9-28(10-12-29)16(4)31)27-21(19)25-15(3)17-5-7-18(24)8-6-17/h5-8,13-15,32H,9-12H2,1-4H3,(H,25,26,27). The van der Waals surface area contributed by atoms with Crippen molar-refractivity contribution < 1.29 is 9.90 Å². The van der Waals surface area contributed by atoms with Crippen molar-refractivity contribution in [3.8, 4) is 5.88 Å². The lowest BCUT2D eigenvalue weighted by Gasteiger charge is -2.34. The first-order chi connectivity index (χ1) is 15.2. The molecule has 1 amide bonds. The molecule has 170 valence electrons. The van der Waals surface area contributed by atoms with E-state index in [0.29, 0.717) is 48.5 Å². The van der Waals surface area contributed by atoms with E-state index in [9.17, 15) is 9.90 Å². The van der Waals surface area contributed by atoms with Gasteiger partial charge in [-0.1, -0.05) is 23.7 Å². The molecule has 0 spiro atoms. The van der Waals surface area contributed by atoms with Gasteiger partial charge in [0.2, 0.25) is 17.7 Å². The van der Waals surface area contributed by atoms with E-state index in [0.717, 1.165) is 10.9 Å². The first-order valence-electron chi connectivity index (χ1n) is 10.9. The van der Waals surface area contributed by atoms with Crippen molar-refractivity contribution >= 4 is 40.2 Å². The molecule has 0 saturated carbocycles. The van der Waals surface area contributed by atoms with Crippen LogP contribution in [-0.2, 0) is 4.79 Å². The molecule has 1 fully saturated rings. The van der Waals surface area contributed by atoms with Crippen molar-refractivity contribution in [3.63, 3.8) is 0 Å². The van der Waals surface area contributed by atoms with Crippen LogP contribution in [0.15, 0.2) is 30.5 Å². The summed E-state index contributed by atoms with van der Waals surface area (Å²) < 4.78 is 1.80. The molecule has 8 nitrogen and oxygen atoms in total. The summed E-state index contributed by atoms with van der Waals surface area (Å²) in [7, 11) is 0. The SMILES string of the molecule is CC(=O)N1CCN(c2nc(NC(C)c3ccc(Cl)cc3)c3cn(C(C)C)c(O)c3n2)CC1. The number of rotatable bonds is 5. The zero-order chi connectivity index (χ0) is 23.0. The number of piperazine rings is 1. The molecule has 1 atom stereocenters. The molecule has 9 heteroatoms. The molecule has 2 N–H and O–H groups in total. The van der Waals surface area contributed by atoms with Crippen LogP contribution < -0.4 is 10.2 Å². The Morgan fingerprint density at radius 1 is 1.09 bits per heavy atom. The smallest absolute Gasteiger partial charge is 0.228 e. The van der Waals surface area contributed by atoms with E-state index >= 15 is 0 Å². The zero-order valence-corrected chi connectivity index (χ0v) is 19.6. The Bertz CT molecular complexity index is 1120. The maximum Gasteiger partial charge on any atom is 0.228 e. The minimum atomic E-state index is -0.0303. The summed E-state index contributed by atoms with van der Waals surface area (Å²) in [6.07, 6.45) is 1.89. The second-order valence-electron chi connectivity index (χ2n) is 8.50. The number of amides is 1. The van der Waals surface area contributed by atoms with Crippen LogP contribution in [0.2, 0.25) is 5.02 Å². The molecule has 4 rings (SSSR count). The van der Waals surface area contributed by atoms with Crippen molar-refractivity contribution in [1.29, 1.82) is 0 Å². The lowest BCUT2D eigenvalue weighted by molar-refractivity contribution is -0.129. The average Bonchev–Trinajstić information content (AvgIpc) is 3.11. The molecule has 1 aromatic carbocycles. The van der Waals surface area contributed by atoms with Gasteiger partial charge in [0.05, 0.1) is 5.39 Å². The van der Waals surface area contributed by atoms with E-state index in [2.05, 4.69) is 17.1 Å². The highest BCUT2D eigenvalue weighted by Crippen LogP contribution is 2.35. The van der Waals surface area contributed by atoms with Gasteiger partial charge in [0.15, 0.2) is 0 Å². The summed E-state index contributed by atoms with van der Waals surface area (Å²) in [5, 5.41) is 15.8. The third kappa shape index (κ3) is 4.32. The van der Waals surface area contributed by atoms with Gasteiger partial charge in [0.1, 0.15) is 11.3 Å². The molecule has 3 aromatic rings. The van der Waals surface area contributed by atoms with Gasteiger partial charge >= 0.3 is 0 Å². The van der Waals surface area contributed by atoms with Crippen LogP contribution >= 0.6 is 11.6 Å². The molecule has 0 aliphatic carbocycles. The summed E-state index contributed by atoms with van der Waals surface area (Å²) in [4.78, 5) is 25.1. The van der Waals surface area contributed by atoms with Crippen LogP contribution in [0.3, 0.4) is 0 Å². The summed E-state index contributed by atoms with van der Waals surface area (Å²) in [5.41, 5.74) is 1.59. The summed E-state index contributed by atoms with van der Waals surface area (Å²) in [6, 6.07) is 7.75. The fourth-order valence-corrected chi connectivity index (χ4v) is 4.11. The maximum absolute atomic E-state index is 11.7. The minimum absolute atomic E-state index is 0.0303. The minimum Gasteiger partial charge on any atom is -0.493 e. The number of carbonyl (C=O) groups is 1. The van der Waals surface area contributed by atoms with Gasteiger partial charge in [-0.2, -0.15) is 4.98 Å². The highest BCUT2D eigenvalue weighted by atomic mass is 35.5. The van der Waals surface area contributed by atoms with Crippen molar-refractivity contribution in [2.45, 2.75) is 39.8 Å². The Labute approximate surface area is 192 Å².